The average molecular weight is 789 g/mol. The molecule has 306 valence electrons. The molecule has 0 aromatic rings. The number of alkyl carbamates (subject to hydrolysis) is 2. The van der Waals surface area contributed by atoms with Crippen LogP contribution in [-0.2, 0) is 38.1 Å². The molecule has 0 saturated heterocycles. The molecule has 0 radical (unpaired) electrons. The molecule has 2 heterocycles. The number of rotatable bonds is 18. The van der Waals surface area contributed by atoms with E-state index in [-0.39, 0.29) is 20.2 Å². The van der Waals surface area contributed by atoms with Crippen LogP contribution in [0.15, 0.2) is 23.7 Å². The van der Waals surface area contributed by atoms with Crippen LogP contribution in [0.25, 0.3) is 0 Å². The number of nitrogens with two attached hydrogens (primary N) is 2. The summed E-state index contributed by atoms with van der Waals surface area (Å²) in [7, 11) is -0.0411. The maximum Gasteiger partial charge on any atom is 0.406 e. The van der Waals surface area contributed by atoms with Gasteiger partial charge in [-0.3, -0.25) is 20.4 Å². The largest absolute Gasteiger partial charge is 0.477 e. The van der Waals surface area contributed by atoms with Crippen LogP contribution >= 0.6 is 0 Å². The fourth-order valence-electron chi connectivity index (χ4n) is 5.42. The third-order valence-corrected chi connectivity index (χ3v) is 7.63. The Hall–Kier alpha value is -6.06. The standard InChI is InChI=1S/C28H45BN10O16/c1-9(42)36-17-11(38-25(30)31)3-15(23(46)47)52-21(17)19(13(44)5-40)54-27(50)34-7-29-8-35-28(51)55-20(14(45)6-41)22-18(37-10(2)43)12(39-26(32)33)4-16(53-22)24(48)49/h3-4,11-14,17-22,29,40-41,44-45H,5-8H2,1-2H3,(H,34,50)(H,35,51)(H,36,42)(H,37,43)(H,46,47)(H,48,49)(H4,30,31,38)(H4,32,33,39)/t11-,12-,13+,14+,17+,18+,19+,20+,21+,22+/m0/s1. The number of hydrogen-bond acceptors (Lipinski definition) is 16. The van der Waals surface area contributed by atoms with Gasteiger partial charge in [-0.1, -0.05) is 0 Å². The van der Waals surface area contributed by atoms with Gasteiger partial charge in [0.05, 0.1) is 37.4 Å². The maximum absolute atomic E-state index is 12.8. The molecule has 2 aliphatic rings. The summed E-state index contributed by atoms with van der Waals surface area (Å²) in [5.41, 5.74) is 10.8. The zero-order valence-electron chi connectivity index (χ0n) is 29.4. The summed E-state index contributed by atoms with van der Waals surface area (Å²) >= 11 is 0. The second kappa shape index (κ2) is 21.0. The van der Waals surface area contributed by atoms with E-state index in [0.29, 0.717) is 0 Å². The van der Waals surface area contributed by atoms with Crippen molar-refractivity contribution in [2.75, 3.05) is 26.1 Å². The maximum atomic E-state index is 12.8. The van der Waals surface area contributed by atoms with Crippen molar-refractivity contribution in [3.05, 3.63) is 23.7 Å². The van der Waals surface area contributed by atoms with Crippen molar-refractivity contribution in [3.63, 3.8) is 0 Å². The van der Waals surface area contributed by atoms with Gasteiger partial charge in [0.2, 0.25) is 23.3 Å². The van der Waals surface area contributed by atoms with Gasteiger partial charge in [-0.25, -0.2) is 19.2 Å². The summed E-state index contributed by atoms with van der Waals surface area (Å²) in [5.74, 6) is -7.22. The van der Waals surface area contributed by atoms with Crippen LogP contribution in [0.5, 0.6) is 0 Å². The summed E-state index contributed by atoms with van der Waals surface area (Å²) < 4.78 is 21.4. The lowest BCUT2D eigenvalue weighted by Gasteiger charge is -2.41. The van der Waals surface area contributed by atoms with E-state index in [1.54, 1.807) is 0 Å². The lowest BCUT2D eigenvalue weighted by atomic mass is 9.79. The van der Waals surface area contributed by atoms with Crippen molar-refractivity contribution in [2.45, 2.75) is 74.6 Å². The third kappa shape index (κ3) is 13.7. The van der Waals surface area contributed by atoms with Gasteiger partial charge in [0.1, 0.15) is 12.2 Å². The number of aliphatic hydroxyl groups excluding tert-OH is 4. The quantitative estimate of drug-likeness (QED) is 0.0265. The molecule has 26 nitrogen and oxygen atoms in total. The number of carboxylic acids is 2. The van der Waals surface area contributed by atoms with Crippen molar-refractivity contribution in [2.24, 2.45) is 11.5 Å². The number of hydrogen-bond donors (Lipinski definition) is 16. The fourth-order valence-corrected chi connectivity index (χ4v) is 5.42. The molecule has 0 aromatic carbocycles. The van der Waals surface area contributed by atoms with Crippen LogP contribution in [0, 0.1) is 10.8 Å². The van der Waals surface area contributed by atoms with Crippen molar-refractivity contribution in [1.82, 2.24) is 31.9 Å². The van der Waals surface area contributed by atoms with Crippen molar-refractivity contribution >= 4 is 55.1 Å². The Kier molecular flexibility index (Phi) is 17.2. The predicted octanol–water partition coefficient (Wildman–Crippen LogP) is -7.32. The van der Waals surface area contributed by atoms with Gasteiger partial charge < -0.3 is 93.0 Å². The molecule has 2 rings (SSSR count). The molecule has 0 fully saturated rings. The first-order chi connectivity index (χ1) is 25.8. The highest BCUT2D eigenvalue weighted by atomic mass is 16.6. The second-order valence-electron chi connectivity index (χ2n) is 11.9. The minimum atomic E-state index is -1.88. The number of amides is 4. The lowest BCUT2D eigenvalue weighted by Crippen LogP contribution is -2.65. The van der Waals surface area contributed by atoms with Gasteiger partial charge in [0, 0.05) is 13.8 Å². The zero-order chi connectivity index (χ0) is 41.6. The number of ether oxygens (including phenoxy) is 4. The molecule has 0 saturated carbocycles. The topological polar surface area (TPSA) is 433 Å². The number of nitrogens with one attached hydrogen (secondary N) is 8. The molecule has 0 aliphatic carbocycles. The normalized spacial score (nSPS) is 23.7. The van der Waals surface area contributed by atoms with Gasteiger partial charge >= 0.3 is 24.1 Å². The van der Waals surface area contributed by atoms with E-state index in [1.807, 2.05) is 0 Å². The number of carbonyl (C=O) groups is 6. The van der Waals surface area contributed by atoms with E-state index in [9.17, 15) is 59.4 Å². The second-order valence-corrected chi connectivity index (χ2v) is 11.9. The smallest absolute Gasteiger partial charge is 0.406 e. The molecule has 0 aromatic heterocycles. The highest BCUT2D eigenvalue weighted by Gasteiger charge is 2.48. The van der Waals surface area contributed by atoms with Crippen molar-refractivity contribution in [3.8, 4) is 0 Å². The predicted molar refractivity (Wildman–Crippen MR) is 184 cm³/mol. The molecule has 4 amide bonds. The van der Waals surface area contributed by atoms with Crippen LogP contribution in [0.2, 0.25) is 0 Å². The van der Waals surface area contributed by atoms with Gasteiger partial charge in [-0.2, -0.15) is 0 Å². The monoisotopic (exact) mass is 788 g/mol. The van der Waals surface area contributed by atoms with Gasteiger partial charge in [-0.15, -0.1) is 0 Å². The lowest BCUT2D eigenvalue weighted by molar-refractivity contribution is -0.147. The van der Waals surface area contributed by atoms with Crippen LogP contribution in [-0.4, -0.2) is 173 Å². The Morgan fingerprint density at radius 1 is 0.727 bits per heavy atom. The number of carboxylic acid groups (broad SMARTS) is 2. The summed E-state index contributed by atoms with van der Waals surface area (Å²) in [6.07, 6.45) is -11.7. The summed E-state index contributed by atoms with van der Waals surface area (Å²) in [6.45, 7) is 0.173. The highest BCUT2D eigenvalue weighted by Crippen LogP contribution is 2.26. The van der Waals surface area contributed by atoms with Crippen LogP contribution in [0.4, 0.5) is 9.59 Å². The molecule has 0 unspecified atom stereocenters. The average Bonchev–Trinajstić information content (AvgIpc) is 3.09. The number of guanidine groups is 2. The fraction of sp³-hybridized carbons (Fsp3) is 0.571. The van der Waals surface area contributed by atoms with E-state index < -0.39 is 133 Å². The molecule has 10 atom stereocenters. The Balaban J connectivity index is 2.12. The minimum absolute atomic E-state index is 0.0411. The van der Waals surface area contributed by atoms with Gasteiger partial charge in [-0.05, 0) is 25.0 Å². The summed E-state index contributed by atoms with van der Waals surface area (Å²) in [4.78, 5) is 73.1. The first-order valence-electron chi connectivity index (χ1n) is 16.2. The SMILES string of the molecule is CC(=O)N[C@H]1[C@H]([C@H](OC(=O)NCBCNC(=O)O[C@@H]([C@@H]2OC(C(=O)O)=C[C@H](NC(=N)N)[C@H]2NC(C)=O)[C@H](O)CO)[C@H](O)CO)OC(C(=O)O)=C[C@@H]1NC(=N)N. The van der Waals surface area contributed by atoms with E-state index >= 15 is 0 Å². The molecule has 0 bridgehead atoms. The molecule has 2 aliphatic heterocycles. The van der Waals surface area contributed by atoms with Gasteiger partial charge in [0.25, 0.3) is 0 Å². The summed E-state index contributed by atoms with van der Waals surface area (Å²) in [5, 5.41) is 89.0. The van der Waals surface area contributed by atoms with Crippen molar-refractivity contribution in [1.29, 1.82) is 10.8 Å². The molecule has 55 heavy (non-hydrogen) atoms. The Labute approximate surface area is 312 Å². The third-order valence-electron chi connectivity index (χ3n) is 7.63. The Bertz CT molecular complexity index is 1410. The number of aliphatic hydroxyl groups is 4. The Morgan fingerprint density at radius 3 is 1.35 bits per heavy atom. The van der Waals surface area contributed by atoms with E-state index in [4.69, 9.17) is 41.2 Å². The Morgan fingerprint density at radius 2 is 1.07 bits per heavy atom. The zero-order valence-corrected chi connectivity index (χ0v) is 29.4. The van der Waals surface area contributed by atoms with Crippen LogP contribution in [0.3, 0.4) is 0 Å². The first-order valence-corrected chi connectivity index (χ1v) is 16.2. The van der Waals surface area contributed by atoms with Crippen molar-refractivity contribution < 1.29 is 78.4 Å². The molecular formula is C28H45BN10O16. The van der Waals surface area contributed by atoms with E-state index in [0.717, 1.165) is 26.0 Å². The van der Waals surface area contributed by atoms with Crippen LogP contribution < -0.4 is 43.4 Å². The molecule has 18 N–H and O–H groups in total. The number of aliphatic carboxylic acids is 2. The molecule has 0 spiro atoms. The molecule has 27 heteroatoms. The minimum Gasteiger partial charge on any atom is -0.477 e. The van der Waals surface area contributed by atoms with E-state index in [2.05, 4.69) is 31.9 Å². The first kappa shape index (κ1) is 45.1. The summed E-state index contributed by atoms with van der Waals surface area (Å²) in [6, 6.07) is -5.04. The number of carbonyl (C=O) groups excluding carboxylic acids is 4. The van der Waals surface area contributed by atoms with Gasteiger partial charge in [0.15, 0.2) is 43.6 Å². The molecular weight excluding hydrogens is 743 g/mol. The van der Waals surface area contributed by atoms with Crippen LogP contribution in [0.1, 0.15) is 13.8 Å². The van der Waals surface area contributed by atoms with E-state index in [1.165, 1.54) is 0 Å². The highest BCUT2D eigenvalue weighted by molar-refractivity contribution is 6.36.